The van der Waals surface area contributed by atoms with Crippen LogP contribution in [0.3, 0.4) is 0 Å². The number of rotatable bonds is 9. The van der Waals surface area contributed by atoms with Gasteiger partial charge in [0.2, 0.25) is 5.91 Å². The Kier molecular flexibility index (Phi) is 7.90. The highest BCUT2D eigenvalue weighted by Gasteiger charge is 2.20. The third-order valence-electron chi connectivity index (χ3n) is 5.29. The molecular weight excluding hydrogens is 366 g/mol. The van der Waals surface area contributed by atoms with Gasteiger partial charge in [0.25, 0.3) is 0 Å². The molecule has 0 spiro atoms. The van der Waals surface area contributed by atoms with Crippen molar-refractivity contribution in [3.63, 3.8) is 0 Å². The minimum absolute atomic E-state index is 0.0812. The Morgan fingerprint density at radius 3 is 2.52 bits per heavy atom. The van der Waals surface area contributed by atoms with E-state index >= 15 is 0 Å². The summed E-state index contributed by atoms with van der Waals surface area (Å²) < 4.78 is 11.5. The number of nitrogens with zero attached hydrogens (tertiary/aromatic N) is 1. The summed E-state index contributed by atoms with van der Waals surface area (Å²) in [6.07, 6.45) is 2.09. The molecule has 0 aliphatic carbocycles. The molecule has 0 saturated carbocycles. The number of carbonyl (C=O) groups excluding carboxylic acids is 1. The van der Waals surface area contributed by atoms with Crippen LogP contribution in [0.4, 0.5) is 0 Å². The largest absolute Gasteiger partial charge is 0.493 e. The van der Waals surface area contributed by atoms with Crippen LogP contribution in [0.25, 0.3) is 0 Å². The first kappa shape index (κ1) is 21.1. The Morgan fingerprint density at radius 1 is 1.07 bits per heavy atom. The topological polar surface area (TPSA) is 62.8 Å². The number of amides is 1. The van der Waals surface area contributed by atoms with Crippen molar-refractivity contribution in [1.29, 1.82) is 0 Å². The van der Waals surface area contributed by atoms with Crippen molar-refractivity contribution in [3.8, 4) is 11.5 Å². The van der Waals surface area contributed by atoms with Gasteiger partial charge in [0, 0.05) is 32.7 Å². The van der Waals surface area contributed by atoms with Crippen molar-refractivity contribution in [2.24, 2.45) is 0 Å². The van der Waals surface area contributed by atoms with Gasteiger partial charge in [0.05, 0.1) is 13.7 Å². The summed E-state index contributed by atoms with van der Waals surface area (Å²) >= 11 is 0. The molecule has 1 fully saturated rings. The Bertz CT molecular complexity index is 774. The highest BCUT2D eigenvalue weighted by Crippen LogP contribution is 2.29. The molecule has 1 amide bonds. The van der Waals surface area contributed by atoms with Crippen LogP contribution in [0.15, 0.2) is 48.5 Å². The van der Waals surface area contributed by atoms with Crippen LogP contribution in [0.1, 0.15) is 24.0 Å². The predicted molar refractivity (Wildman–Crippen MR) is 114 cm³/mol. The van der Waals surface area contributed by atoms with Gasteiger partial charge in [-0.15, -0.1) is 0 Å². The number of carbonyl (C=O) groups is 1. The van der Waals surface area contributed by atoms with Gasteiger partial charge in [-0.05, 0) is 36.1 Å². The second-order valence-electron chi connectivity index (χ2n) is 7.36. The lowest BCUT2D eigenvalue weighted by Gasteiger charge is -2.31. The lowest BCUT2D eigenvalue weighted by atomic mass is 10.0. The molecule has 2 aromatic carbocycles. The van der Waals surface area contributed by atoms with E-state index in [1.165, 1.54) is 5.56 Å². The predicted octanol–water partition coefficient (Wildman–Crippen LogP) is 2.57. The Hall–Kier alpha value is -2.57. The molecule has 2 N–H and O–H groups in total. The summed E-state index contributed by atoms with van der Waals surface area (Å²) in [6, 6.07) is 16.7. The Labute approximate surface area is 173 Å². The monoisotopic (exact) mass is 397 g/mol. The third-order valence-corrected chi connectivity index (χ3v) is 5.29. The number of hydrogen-bond donors (Lipinski definition) is 2. The molecule has 1 heterocycles. The number of nitrogens with one attached hydrogen (secondary N) is 2. The zero-order valence-corrected chi connectivity index (χ0v) is 17.3. The fourth-order valence-electron chi connectivity index (χ4n) is 3.52. The van der Waals surface area contributed by atoms with Crippen LogP contribution in [-0.2, 0) is 17.9 Å². The summed E-state index contributed by atoms with van der Waals surface area (Å²) in [5.41, 5.74) is 2.29. The molecule has 1 saturated heterocycles. The van der Waals surface area contributed by atoms with Gasteiger partial charge in [-0.2, -0.15) is 0 Å². The minimum Gasteiger partial charge on any atom is -0.493 e. The maximum Gasteiger partial charge on any atom is 0.233 e. The van der Waals surface area contributed by atoms with E-state index in [2.05, 4.69) is 27.7 Å². The number of hydrogen-bond acceptors (Lipinski definition) is 5. The molecule has 0 bridgehead atoms. The fraction of sp³-hybridized carbons (Fsp3) is 0.435. The summed E-state index contributed by atoms with van der Waals surface area (Å²) in [7, 11) is 3.35. The normalized spacial score (nSPS) is 15.1. The van der Waals surface area contributed by atoms with Crippen LogP contribution in [-0.4, -0.2) is 50.6 Å². The van der Waals surface area contributed by atoms with E-state index in [0.717, 1.165) is 49.5 Å². The molecule has 0 aromatic heterocycles. The number of piperidine rings is 1. The minimum atomic E-state index is 0.0812. The average molecular weight is 398 g/mol. The average Bonchev–Trinajstić information content (AvgIpc) is 2.78. The summed E-state index contributed by atoms with van der Waals surface area (Å²) in [5, 5.41) is 6.33. The van der Waals surface area contributed by atoms with Gasteiger partial charge >= 0.3 is 0 Å². The molecule has 156 valence electrons. The molecule has 0 unspecified atom stereocenters. The number of likely N-dealkylation sites (N-methyl/N-ethyl adjacent to an activating group) is 1. The number of likely N-dealkylation sites (tertiary alicyclic amines) is 1. The van der Waals surface area contributed by atoms with Crippen LogP contribution in [0, 0.1) is 0 Å². The molecule has 29 heavy (non-hydrogen) atoms. The molecule has 1 aliphatic rings. The molecule has 3 rings (SSSR count). The van der Waals surface area contributed by atoms with Crippen LogP contribution in [0.2, 0.25) is 0 Å². The molecular formula is C23H31N3O3. The SMILES string of the molecule is CNC(=O)CN1CCC(NCc2ccc(OC)c(OCc3ccccc3)c2)CC1. The van der Waals surface area contributed by atoms with E-state index in [4.69, 9.17) is 9.47 Å². The van der Waals surface area contributed by atoms with Gasteiger partial charge < -0.3 is 20.1 Å². The highest BCUT2D eigenvalue weighted by molar-refractivity contribution is 5.77. The van der Waals surface area contributed by atoms with Gasteiger partial charge in [-0.25, -0.2) is 0 Å². The van der Waals surface area contributed by atoms with E-state index in [9.17, 15) is 4.79 Å². The molecule has 1 aliphatic heterocycles. The smallest absolute Gasteiger partial charge is 0.233 e. The highest BCUT2D eigenvalue weighted by atomic mass is 16.5. The Balaban J connectivity index is 1.50. The van der Waals surface area contributed by atoms with Crippen LogP contribution < -0.4 is 20.1 Å². The standard InChI is InChI=1S/C23H31N3O3/c1-24-23(27)16-26-12-10-20(11-13-26)25-15-19-8-9-21(28-2)22(14-19)29-17-18-6-4-3-5-7-18/h3-9,14,20,25H,10-13,15-17H2,1-2H3,(H,24,27). The van der Waals surface area contributed by atoms with Crippen molar-refractivity contribution >= 4 is 5.91 Å². The number of methoxy groups -OCH3 is 1. The molecule has 0 atom stereocenters. The van der Waals surface area contributed by atoms with Crippen molar-refractivity contribution < 1.29 is 14.3 Å². The summed E-state index contributed by atoms with van der Waals surface area (Å²) in [5.74, 6) is 1.58. The van der Waals surface area contributed by atoms with Crippen LogP contribution in [0.5, 0.6) is 11.5 Å². The second-order valence-corrected chi connectivity index (χ2v) is 7.36. The molecule has 0 radical (unpaired) electrons. The van der Waals surface area contributed by atoms with E-state index in [1.807, 2.05) is 36.4 Å². The quantitative estimate of drug-likeness (QED) is 0.681. The first-order chi connectivity index (χ1) is 14.2. The molecule has 2 aromatic rings. The first-order valence-corrected chi connectivity index (χ1v) is 10.2. The number of ether oxygens (including phenoxy) is 2. The van der Waals surface area contributed by atoms with Crippen LogP contribution >= 0.6 is 0 Å². The van der Waals surface area contributed by atoms with Crippen molar-refractivity contribution in [2.45, 2.75) is 32.0 Å². The van der Waals surface area contributed by atoms with Gasteiger partial charge in [0.15, 0.2) is 11.5 Å². The third kappa shape index (κ3) is 6.48. The van der Waals surface area contributed by atoms with Crippen molar-refractivity contribution in [2.75, 3.05) is 33.8 Å². The Morgan fingerprint density at radius 2 is 1.83 bits per heavy atom. The zero-order valence-electron chi connectivity index (χ0n) is 17.3. The van der Waals surface area contributed by atoms with Gasteiger partial charge in [-0.3, -0.25) is 9.69 Å². The van der Waals surface area contributed by atoms with E-state index in [0.29, 0.717) is 19.2 Å². The maximum atomic E-state index is 11.5. The second kappa shape index (κ2) is 10.8. The van der Waals surface area contributed by atoms with E-state index < -0.39 is 0 Å². The zero-order chi connectivity index (χ0) is 20.5. The fourth-order valence-corrected chi connectivity index (χ4v) is 3.52. The summed E-state index contributed by atoms with van der Waals surface area (Å²) in [6.45, 7) is 3.67. The first-order valence-electron chi connectivity index (χ1n) is 10.2. The lowest BCUT2D eigenvalue weighted by molar-refractivity contribution is -0.122. The van der Waals surface area contributed by atoms with Gasteiger partial charge in [-0.1, -0.05) is 36.4 Å². The van der Waals surface area contributed by atoms with Gasteiger partial charge in [0.1, 0.15) is 6.61 Å². The molecule has 6 nitrogen and oxygen atoms in total. The maximum absolute atomic E-state index is 11.5. The summed E-state index contributed by atoms with van der Waals surface area (Å²) in [4.78, 5) is 13.7. The lowest BCUT2D eigenvalue weighted by Crippen LogP contribution is -2.45. The van der Waals surface area contributed by atoms with E-state index in [-0.39, 0.29) is 5.91 Å². The number of benzene rings is 2. The van der Waals surface area contributed by atoms with Crippen molar-refractivity contribution in [1.82, 2.24) is 15.5 Å². The van der Waals surface area contributed by atoms with E-state index in [1.54, 1.807) is 14.2 Å². The molecule has 6 heteroatoms. The van der Waals surface area contributed by atoms with Crippen molar-refractivity contribution in [3.05, 3.63) is 59.7 Å².